The van der Waals surface area contributed by atoms with E-state index in [0.717, 1.165) is 16.9 Å². The van der Waals surface area contributed by atoms with E-state index in [9.17, 15) is 29.8 Å². The molecule has 5 rings (SSSR count). The van der Waals surface area contributed by atoms with Gasteiger partial charge >= 0.3 is 5.97 Å². The van der Waals surface area contributed by atoms with Gasteiger partial charge in [-0.1, -0.05) is 29.5 Å². The van der Waals surface area contributed by atoms with E-state index in [0.29, 0.717) is 41.9 Å². The average Bonchev–Trinajstić information content (AvgIpc) is 3.30. The van der Waals surface area contributed by atoms with Crippen LogP contribution in [0.5, 0.6) is 5.75 Å². The lowest BCUT2D eigenvalue weighted by Crippen LogP contribution is -2.40. The van der Waals surface area contributed by atoms with Crippen LogP contribution in [-0.4, -0.2) is 27.0 Å². The van der Waals surface area contributed by atoms with Gasteiger partial charge in [-0.15, -0.1) is 0 Å². The molecule has 0 spiro atoms. The summed E-state index contributed by atoms with van der Waals surface area (Å²) in [7, 11) is 0. The van der Waals surface area contributed by atoms with Crippen LogP contribution in [0.25, 0.3) is 6.08 Å². The number of esters is 1. The number of aromatic nitrogens is 1. The van der Waals surface area contributed by atoms with Gasteiger partial charge in [0.2, 0.25) is 0 Å². The number of fused-ring (bicyclic) bond motifs is 1. The number of halogens is 1. The molecule has 0 saturated carbocycles. The van der Waals surface area contributed by atoms with Crippen molar-refractivity contribution >= 4 is 50.7 Å². The van der Waals surface area contributed by atoms with E-state index in [-0.39, 0.29) is 30.2 Å². The maximum Gasteiger partial charge on any atom is 0.338 e. The predicted molar refractivity (Wildman–Crippen MR) is 170 cm³/mol. The second-order valence-electron chi connectivity index (χ2n) is 10.0. The lowest BCUT2D eigenvalue weighted by molar-refractivity contribution is -0.385. The molecule has 14 heteroatoms. The number of nitro benzene ring substituents is 2. The summed E-state index contributed by atoms with van der Waals surface area (Å²) in [5, 5.41) is 22.6. The van der Waals surface area contributed by atoms with Crippen molar-refractivity contribution in [3.63, 3.8) is 0 Å². The molecular formula is C31H25BrN4O8S. The number of hydrogen-bond acceptors (Lipinski definition) is 10. The number of thiazole rings is 1. The third kappa shape index (κ3) is 6.47. The number of allylic oxidation sites excluding steroid dienone is 1. The van der Waals surface area contributed by atoms with Crippen LogP contribution in [0.4, 0.5) is 11.4 Å². The van der Waals surface area contributed by atoms with Crippen LogP contribution in [-0.2, 0) is 16.1 Å². The van der Waals surface area contributed by atoms with Crippen molar-refractivity contribution in [1.82, 2.24) is 4.57 Å². The largest absolute Gasteiger partial charge is 0.488 e. The third-order valence-corrected chi connectivity index (χ3v) is 8.66. The summed E-state index contributed by atoms with van der Waals surface area (Å²) < 4.78 is 13.5. The fourth-order valence-electron chi connectivity index (χ4n) is 4.85. The van der Waals surface area contributed by atoms with Gasteiger partial charge in [0.05, 0.1) is 42.8 Å². The molecule has 0 saturated heterocycles. The summed E-state index contributed by atoms with van der Waals surface area (Å²) in [6.07, 6.45) is 1.69. The van der Waals surface area contributed by atoms with Gasteiger partial charge in [-0.2, -0.15) is 0 Å². The number of nitro groups is 2. The predicted octanol–water partition coefficient (Wildman–Crippen LogP) is 5.26. The molecule has 45 heavy (non-hydrogen) atoms. The highest BCUT2D eigenvalue weighted by Crippen LogP contribution is 2.33. The highest BCUT2D eigenvalue weighted by Gasteiger charge is 2.34. The van der Waals surface area contributed by atoms with Crippen molar-refractivity contribution in [2.45, 2.75) is 33.4 Å². The normalized spacial score (nSPS) is 14.5. The quantitative estimate of drug-likeness (QED) is 0.131. The molecule has 0 radical (unpaired) electrons. The summed E-state index contributed by atoms with van der Waals surface area (Å²) in [5.41, 5.74) is 2.19. The molecule has 230 valence electrons. The number of aryl methyl sites for hydroxylation is 1. The second-order valence-corrected chi connectivity index (χ2v) is 11.9. The minimum absolute atomic E-state index is 0.00617. The van der Waals surface area contributed by atoms with E-state index >= 15 is 0 Å². The van der Waals surface area contributed by atoms with Crippen molar-refractivity contribution < 1.29 is 24.1 Å². The summed E-state index contributed by atoms with van der Waals surface area (Å²) >= 11 is 4.64. The fourth-order valence-corrected chi connectivity index (χ4v) is 6.41. The standard InChI is InChI=1S/C31H25BrN4O8S/c1-4-43-30(38)27-18(3)33-31-34(28(27)21-9-5-17(2)24(15-21)36(41)42)29(37)26(45-31)14-20-8-12-25(23(32)13-20)44-16-19-6-10-22(11-7-19)35(39)40/h5-15,28H,4,16H2,1-3H3/b26-14+/t28-/m1/s1. The molecule has 0 unspecified atom stereocenters. The first-order valence-electron chi connectivity index (χ1n) is 13.6. The van der Waals surface area contributed by atoms with Gasteiger partial charge in [-0.05, 0) is 83.7 Å². The van der Waals surface area contributed by atoms with E-state index in [4.69, 9.17) is 9.47 Å². The number of rotatable bonds is 9. The number of ether oxygens (including phenoxy) is 2. The summed E-state index contributed by atoms with van der Waals surface area (Å²) in [6, 6.07) is 15.0. The first-order chi connectivity index (χ1) is 21.5. The van der Waals surface area contributed by atoms with Crippen molar-refractivity contribution in [2.24, 2.45) is 4.99 Å². The first-order valence-corrected chi connectivity index (χ1v) is 15.2. The summed E-state index contributed by atoms with van der Waals surface area (Å²) in [5.74, 6) is -0.128. The lowest BCUT2D eigenvalue weighted by atomic mass is 9.94. The summed E-state index contributed by atoms with van der Waals surface area (Å²) in [6.45, 7) is 5.21. The van der Waals surface area contributed by atoms with Crippen molar-refractivity contribution in [2.75, 3.05) is 6.61 Å². The van der Waals surface area contributed by atoms with Crippen LogP contribution >= 0.6 is 27.3 Å². The van der Waals surface area contributed by atoms with Gasteiger partial charge in [0.25, 0.3) is 16.9 Å². The van der Waals surface area contributed by atoms with E-state index in [1.165, 1.54) is 22.8 Å². The van der Waals surface area contributed by atoms with Gasteiger partial charge in [0.1, 0.15) is 12.4 Å². The van der Waals surface area contributed by atoms with Gasteiger partial charge < -0.3 is 9.47 Å². The monoisotopic (exact) mass is 692 g/mol. The van der Waals surface area contributed by atoms with E-state index in [1.54, 1.807) is 69.3 Å². The van der Waals surface area contributed by atoms with E-state index < -0.39 is 27.4 Å². The highest BCUT2D eigenvalue weighted by atomic mass is 79.9. The maximum absolute atomic E-state index is 13.9. The van der Waals surface area contributed by atoms with Crippen LogP contribution in [0.1, 0.15) is 42.1 Å². The van der Waals surface area contributed by atoms with E-state index in [2.05, 4.69) is 20.9 Å². The van der Waals surface area contributed by atoms with Crippen LogP contribution in [0.15, 0.2) is 86.2 Å². The molecule has 1 atom stereocenters. The number of hydrogen-bond donors (Lipinski definition) is 0. The van der Waals surface area contributed by atoms with Crippen LogP contribution in [0, 0.1) is 27.2 Å². The van der Waals surface area contributed by atoms with Crippen molar-refractivity contribution in [3.8, 4) is 5.75 Å². The molecule has 1 aliphatic rings. The van der Waals surface area contributed by atoms with Crippen LogP contribution < -0.4 is 19.6 Å². The van der Waals surface area contributed by atoms with Crippen LogP contribution in [0.3, 0.4) is 0 Å². The summed E-state index contributed by atoms with van der Waals surface area (Å²) in [4.78, 5) is 53.5. The van der Waals surface area contributed by atoms with Gasteiger partial charge in [0.15, 0.2) is 4.80 Å². The highest BCUT2D eigenvalue weighted by molar-refractivity contribution is 9.10. The Morgan fingerprint density at radius 1 is 1.07 bits per heavy atom. The zero-order valence-electron chi connectivity index (χ0n) is 24.2. The third-order valence-electron chi connectivity index (χ3n) is 7.06. The lowest BCUT2D eigenvalue weighted by Gasteiger charge is -2.24. The second kappa shape index (κ2) is 13.0. The average molecular weight is 694 g/mol. The molecule has 0 N–H and O–H groups in total. The number of non-ortho nitro benzene ring substituents is 1. The molecule has 0 aliphatic carbocycles. The molecule has 0 amide bonds. The molecule has 2 heterocycles. The smallest absolute Gasteiger partial charge is 0.338 e. The van der Waals surface area contributed by atoms with E-state index in [1.807, 2.05) is 0 Å². The Balaban J connectivity index is 1.52. The number of nitrogens with zero attached hydrogens (tertiary/aromatic N) is 4. The minimum Gasteiger partial charge on any atom is -0.488 e. The Labute approximate surface area is 268 Å². The molecule has 12 nitrogen and oxygen atoms in total. The fraction of sp³-hybridized carbons (Fsp3) is 0.194. The Hall–Kier alpha value is -4.95. The van der Waals surface area contributed by atoms with Gasteiger partial charge in [-0.3, -0.25) is 29.6 Å². The number of carbonyl (C=O) groups is 1. The van der Waals surface area contributed by atoms with Gasteiger partial charge in [-0.25, -0.2) is 9.79 Å². The van der Waals surface area contributed by atoms with Gasteiger partial charge in [0, 0.05) is 23.8 Å². The molecule has 3 aromatic carbocycles. The first kappa shape index (κ1) is 31.5. The topological polar surface area (TPSA) is 156 Å². The molecule has 1 aliphatic heterocycles. The van der Waals surface area contributed by atoms with Crippen molar-refractivity contribution in [3.05, 3.63) is 139 Å². The molecule has 1 aromatic heterocycles. The van der Waals surface area contributed by atoms with Crippen LogP contribution in [0.2, 0.25) is 0 Å². The zero-order chi connectivity index (χ0) is 32.4. The molecule has 0 fully saturated rings. The Morgan fingerprint density at radius 3 is 2.44 bits per heavy atom. The Morgan fingerprint density at radius 2 is 1.80 bits per heavy atom. The minimum atomic E-state index is -0.983. The Kier molecular flexibility index (Phi) is 9.06. The number of carbonyl (C=O) groups excluding carboxylic acids is 1. The Bertz CT molecular complexity index is 2070. The molecule has 4 aromatic rings. The molecule has 0 bridgehead atoms. The maximum atomic E-state index is 13.9. The SMILES string of the molecule is CCOC(=O)C1=C(C)N=c2s/c(=C/c3ccc(OCc4ccc([N+](=O)[O-])cc4)c(Br)c3)c(=O)n2[C@@H]1c1ccc(C)c([N+](=O)[O-])c1. The zero-order valence-corrected chi connectivity index (χ0v) is 26.6. The molecular weight excluding hydrogens is 668 g/mol. The van der Waals surface area contributed by atoms with Crippen molar-refractivity contribution in [1.29, 1.82) is 0 Å². The number of benzene rings is 3.